The van der Waals surface area contributed by atoms with Gasteiger partial charge in [0, 0.05) is 17.3 Å². The Balaban J connectivity index is 1.70. The van der Waals surface area contributed by atoms with E-state index in [1.54, 1.807) is 19.2 Å². The van der Waals surface area contributed by atoms with E-state index >= 15 is 0 Å². The van der Waals surface area contributed by atoms with Crippen LogP contribution in [0.5, 0.6) is 11.5 Å². The SMILES string of the molecule is COc1cc(CNc2ccc(Cl)cc2)cc(Cl)c1OCc1ccc(F)cc1. The van der Waals surface area contributed by atoms with Gasteiger partial charge < -0.3 is 14.8 Å². The van der Waals surface area contributed by atoms with Crippen LogP contribution in [0.15, 0.2) is 60.7 Å². The molecule has 0 aromatic heterocycles. The van der Waals surface area contributed by atoms with Crippen LogP contribution in [-0.4, -0.2) is 7.11 Å². The number of anilines is 1. The monoisotopic (exact) mass is 405 g/mol. The summed E-state index contributed by atoms with van der Waals surface area (Å²) in [7, 11) is 1.56. The number of nitrogens with one attached hydrogen (secondary N) is 1. The number of benzene rings is 3. The van der Waals surface area contributed by atoms with Gasteiger partial charge in [-0.3, -0.25) is 0 Å². The molecule has 0 radical (unpaired) electrons. The van der Waals surface area contributed by atoms with E-state index in [1.807, 2.05) is 36.4 Å². The van der Waals surface area contributed by atoms with Crippen LogP contribution in [-0.2, 0) is 13.2 Å². The largest absolute Gasteiger partial charge is 0.493 e. The van der Waals surface area contributed by atoms with Crippen LogP contribution < -0.4 is 14.8 Å². The minimum atomic E-state index is -0.285. The lowest BCUT2D eigenvalue weighted by atomic mass is 10.2. The van der Waals surface area contributed by atoms with Gasteiger partial charge in [-0.15, -0.1) is 0 Å². The molecule has 0 aliphatic heterocycles. The van der Waals surface area contributed by atoms with E-state index in [9.17, 15) is 4.39 Å². The molecule has 0 saturated heterocycles. The lowest BCUT2D eigenvalue weighted by Crippen LogP contribution is -2.02. The number of methoxy groups -OCH3 is 1. The van der Waals surface area contributed by atoms with Gasteiger partial charge in [-0.05, 0) is 59.7 Å². The highest BCUT2D eigenvalue weighted by Crippen LogP contribution is 2.37. The highest BCUT2D eigenvalue weighted by Gasteiger charge is 2.12. The Morgan fingerprint density at radius 1 is 0.926 bits per heavy atom. The maximum atomic E-state index is 13.0. The van der Waals surface area contributed by atoms with Crippen molar-refractivity contribution >= 4 is 28.9 Å². The quantitative estimate of drug-likeness (QED) is 0.497. The van der Waals surface area contributed by atoms with E-state index in [4.69, 9.17) is 32.7 Å². The molecule has 0 heterocycles. The van der Waals surface area contributed by atoms with E-state index in [2.05, 4.69) is 5.32 Å². The molecule has 0 saturated carbocycles. The van der Waals surface area contributed by atoms with Crippen molar-refractivity contribution < 1.29 is 13.9 Å². The van der Waals surface area contributed by atoms with Crippen LogP contribution in [0.3, 0.4) is 0 Å². The van der Waals surface area contributed by atoms with Crippen molar-refractivity contribution in [3.05, 3.63) is 87.7 Å². The van der Waals surface area contributed by atoms with Gasteiger partial charge in [0.15, 0.2) is 11.5 Å². The van der Waals surface area contributed by atoms with Gasteiger partial charge in [0.25, 0.3) is 0 Å². The first-order valence-electron chi connectivity index (χ1n) is 8.28. The van der Waals surface area contributed by atoms with Gasteiger partial charge in [0.1, 0.15) is 12.4 Å². The molecule has 0 aliphatic carbocycles. The average molecular weight is 406 g/mol. The molecule has 0 atom stereocenters. The third kappa shape index (κ3) is 5.28. The first-order valence-corrected chi connectivity index (χ1v) is 9.04. The second-order valence-corrected chi connectivity index (χ2v) is 6.73. The van der Waals surface area contributed by atoms with Crippen molar-refractivity contribution in [1.29, 1.82) is 0 Å². The Hall–Kier alpha value is -2.43. The van der Waals surface area contributed by atoms with Gasteiger partial charge >= 0.3 is 0 Å². The normalized spacial score (nSPS) is 10.5. The van der Waals surface area contributed by atoms with Crippen molar-refractivity contribution in [2.45, 2.75) is 13.2 Å². The maximum absolute atomic E-state index is 13.0. The molecule has 0 fully saturated rings. The third-order valence-corrected chi connectivity index (χ3v) is 4.46. The summed E-state index contributed by atoms with van der Waals surface area (Å²) in [6.07, 6.45) is 0. The van der Waals surface area contributed by atoms with Crippen molar-refractivity contribution in [2.24, 2.45) is 0 Å². The molecule has 0 spiro atoms. The van der Waals surface area contributed by atoms with E-state index in [0.717, 1.165) is 16.8 Å². The molecule has 140 valence electrons. The lowest BCUT2D eigenvalue weighted by Gasteiger charge is -2.15. The predicted octanol–water partition coefficient (Wildman–Crippen LogP) is 6.33. The number of halogens is 3. The Labute approximate surface area is 167 Å². The summed E-state index contributed by atoms with van der Waals surface area (Å²) in [6, 6.07) is 17.3. The van der Waals surface area contributed by atoms with Crippen LogP contribution in [0.1, 0.15) is 11.1 Å². The molecule has 3 aromatic rings. The maximum Gasteiger partial charge on any atom is 0.180 e. The molecule has 0 amide bonds. The smallest absolute Gasteiger partial charge is 0.180 e. The zero-order chi connectivity index (χ0) is 19.2. The van der Waals surface area contributed by atoms with Crippen LogP contribution in [0.25, 0.3) is 0 Å². The second kappa shape index (κ2) is 8.98. The molecule has 6 heteroatoms. The fraction of sp³-hybridized carbons (Fsp3) is 0.143. The zero-order valence-corrected chi connectivity index (χ0v) is 16.1. The zero-order valence-electron chi connectivity index (χ0n) is 14.6. The van der Waals surface area contributed by atoms with Crippen LogP contribution in [0.2, 0.25) is 10.0 Å². The Morgan fingerprint density at radius 3 is 2.30 bits per heavy atom. The molecule has 0 unspecified atom stereocenters. The summed E-state index contributed by atoms with van der Waals surface area (Å²) in [5.74, 6) is 0.711. The second-order valence-electron chi connectivity index (χ2n) is 5.88. The number of hydrogen-bond acceptors (Lipinski definition) is 3. The van der Waals surface area contributed by atoms with Crippen LogP contribution >= 0.6 is 23.2 Å². The molecule has 3 nitrogen and oxygen atoms in total. The fourth-order valence-electron chi connectivity index (χ4n) is 2.52. The highest BCUT2D eigenvalue weighted by molar-refractivity contribution is 6.32. The minimum absolute atomic E-state index is 0.263. The summed E-state index contributed by atoms with van der Waals surface area (Å²) >= 11 is 12.3. The highest BCUT2D eigenvalue weighted by atomic mass is 35.5. The summed E-state index contributed by atoms with van der Waals surface area (Å²) < 4.78 is 24.2. The first kappa shape index (κ1) is 19.3. The van der Waals surface area contributed by atoms with Crippen molar-refractivity contribution in [1.82, 2.24) is 0 Å². The average Bonchev–Trinajstić information content (AvgIpc) is 2.67. The molecule has 0 bridgehead atoms. The van der Waals surface area contributed by atoms with Gasteiger partial charge in [0.2, 0.25) is 0 Å². The van der Waals surface area contributed by atoms with Gasteiger partial charge in [-0.25, -0.2) is 4.39 Å². The summed E-state index contributed by atoms with van der Waals surface area (Å²) in [4.78, 5) is 0. The number of rotatable bonds is 7. The van der Waals surface area contributed by atoms with Crippen LogP contribution in [0.4, 0.5) is 10.1 Å². The van der Waals surface area contributed by atoms with Crippen molar-refractivity contribution in [3.8, 4) is 11.5 Å². The summed E-state index contributed by atoms with van der Waals surface area (Å²) in [5.41, 5.74) is 2.73. The molecule has 27 heavy (non-hydrogen) atoms. The van der Waals surface area contributed by atoms with Crippen molar-refractivity contribution in [3.63, 3.8) is 0 Å². The summed E-state index contributed by atoms with van der Waals surface area (Å²) in [6.45, 7) is 0.828. The van der Waals surface area contributed by atoms with E-state index in [1.165, 1.54) is 12.1 Å². The number of hydrogen-bond donors (Lipinski definition) is 1. The lowest BCUT2D eigenvalue weighted by molar-refractivity contribution is 0.284. The van der Waals surface area contributed by atoms with Crippen LogP contribution in [0, 0.1) is 5.82 Å². The minimum Gasteiger partial charge on any atom is -0.493 e. The first-order chi connectivity index (χ1) is 13.0. The fourth-order valence-corrected chi connectivity index (χ4v) is 2.94. The van der Waals surface area contributed by atoms with Crippen molar-refractivity contribution in [2.75, 3.05) is 12.4 Å². The van der Waals surface area contributed by atoms with Gasteiger partial charge in [0.05, 0.1) is 12.1 Å². The molecule has 3 aromatic carbocycles. The predicted molar refractivity (Wildman–Crippen MR) is 108 cm³/mol. The Morgan fingerprint density at radius 2 is 1.63 bits per heavy atom. The third-order valence-electron chi connectivity index (χ3n) is 3.93. The van der Waals surface area contributed by atoms with Gasteiger partial charge in [-0.2, -0.15) is 0 Å². The molecule has 0 aliphatic rings. The molecular weight excluding hydrogens is 388 g/mol. The van der Waals surface area contributed by atoms with Gasteiger partial charge in [-0.1, -0.05) is 35.3 Å². The Bertz CT molecular complexity index is 899. The number of ether oxygens (including phenoxy) is 2. The topological polar surface area (TPSA) is 30.5 Å². The molecule has 1 N–H and O–H groups in total. The Kier molecular flexibility index (Phi) is 6.43. The van der Waals surface area contributed by atoms with E-state index in [0.29, 0.717) is 28.1 Å². The molecule has 3 rings (SSSR count). The standard InChI is InChI=1S/C21H18Cl2FNO2/c1-26-20-11-15(12-25-18-8-4-16(22)5-9-18)10-19(23)21(20)27-13-14-2-6-17(24)7-3-14/h2-11,25H,12-13H2,1H3. The molecular formula is C21H18Cl2FNO2. The van der Waals surface area contributed by atoms with E-state index in [-0.39, 0.29) is 12.4 Å². The summed E-state index contributed by atoms with van der Waals surface area (Å²) in [5, 5.41) is 4.44. The van der Waals surface area contributed by atoms with E-state index < -0.39 is 0 Å².